The Morgan fingerprint density at radius 2 is 2.16 bits per heavy atom. The summed E-state index contributed by atoms with van der Waals surface area (Å²) in [6.45, 7) is 0.723. The van der Waals surface area contributed by atoms with Gasteiger partial charge in [0.05, 0.1) is 18.0 Å². The number of nitrogens with zero attached hydrogens (tertiary/aromatic N) is 5. The Bertz CT molecular complexity index is 880. The van der Waals surface area contributed by atoms with Crippen LogP contribution in [0.3, 0.4) is 0 Å². The largest absolute Gasteiger partial charge is 0.318 e. The summed E-state index contributed by atoms with van der Waals surface area (Å²) in [5, 5.41) is 18.0. The van der Waals surface area contributed by atoms with Gasteiger partial charge in [-0.1, -0.05) is 0 Å². The van der Waals surface area contributed by atoms with Crippen molar-refractivity contribution in [1.29, 1.82) is 5.26 Å². The standard InChI is InChI=1S/C17H16N6OS/c18-6-2-1-3-9-23-11-14(10-20-23)21-16(24)15-12-25-17(22-15)13-4-7-19-8-5-13/h4-5,7-8,10-12H,1-3,9H2,(H,21,24). The second-order valence-corrected chi connectivity index (χ2v) is 6.19. The Balaban J connectivity index is 1.59. The number of unbranched alkanes of at least 4 members (excludes halogenated alkanes) is 2. The van der Waals surface area contributed by atoms with Crippen LogP contribution in [0, 0.1) is 11.3 Å². The third kappa shape index (κ3) is 4.49. The zero-order chi connectivity index (χ0) is 17.5. The molecule has 0 aliphatic rings. The van der Waals surface area contributed by atoms with Crippen molar-refractivity contribution >= 4 is 22.9 Å². The molecule has 0 spiro atoms. The van der Waals surface area contributed by atoms with E-state index in [1.165, 1.54) is 11.3 Å². The average molecular weight is 352 g/mol. The minimum atomic E-state index is -0.263. The molecule has 8 heteroatoms. The van der Waals surface area contributed by atoms with Gasteiger partial charge in [-0.05, 0) is 25.0 Å². The molecule has 0 saturated carbocycles. The van der Waals surface area contributed by atoms with Gasteiger partial charge in [-0.3, -0.25) is 14.5 Å². The van der Waals surface area contributed by atoms with Gasteiger partial charge in [0.1, 0.15) is 10.7 Å². The molecular weight excluding hydrogens is 336 g/mol. The van der Waals surface area contributed by atoms with Crippen molar-refractivity contribution in [2.45, 2.75) is 25.8 Å². The van der Waals surface area contributed by atoms with Crippen LogP contribution in [0.4, 0.5) is 5.69 Å². The normalized spacial score (nSPS) is 10.4. The molecule has 0 fully saturated rings. The smallest absolute Gasteiger partial charge is 0.275 e. The molecule has 25 heavy (non-hydrogen) atoms. The minimum Gasteiger partial charge on any atom is -0.318 e. The molecule has 0 aromatic carbocycles. The summed E-state index contributed by atoms with van der Waals surface area (Å²) in [5.41, 5.74) is 1.94. The molecule has 0 aliphatic carbocycles. The van der Waals surface area contributed by atoms with E-state index in [4.69, 9.17) is 5.26 Å². The van der Waals surface area contributed by atoms with E-state index >= 15 is 0 Å². The van der Waals surface area contributed by atoms with Gasteiger partial charge >= 0.3 is 0 Å². The third-order valence-corrected chi connectivity index (χ3v) is 4.37. The first-order valence-electron chi connectivity index (χ1n) is 7.83. The Morgan fingerprint density at radius 1 is 1.32 bits per heavy atom. The zero-order valence-electron chi connectivity index (χ0n) is 13.4. The highest BCUT2D eigenvalue weighted by atomic mass is 32.1. The summed E-state index contributed by atoms with van der Waals surface area (Å²) >= 11 is 1.42. The number of pyridine rings is 1. The molecule has 1 amide bonds. The molecule has 0 atom stereocenters. The number of carbonyl (C=O) groups is 1. The van der Waals surface area contributed by atoms with Gasteiger partial charge in [0.15, 0.2) is 0 Å². The SMILES string of the molecule is N#CCCCCn1cc(NC(=O)c2csc(-c3ccncc3)n2)cn1. The number of hydrogen-bond donors (Lipinski definition) is 1. The van der Waals surface area contributed by atoms with Crippen LogP contribution in [0.1, 0.15) is 29.8 Å². The van der Waals surface area contributed by atoms with Crippen LogP contribution in [0.25, 0.3) is 10.6 Å². The molecule has 3 aromatic rings. The molecule has 0 saturated heterocycles. The van der Waals surface area contributed by atoms with E-state index in [1.807, 2.05) is 12.1 Å². The number of nitriles is 1. The van der Waals surface area contributed by atoms with E-state index in [-0.39, 0.29) is 5.91 Å². The lowest BCUT2D eigenvalue weighted by Crippen LogP contribution is -2.11. The van der Waals surface area contributed by atoms with Crippen molar-refractivity contribution in [2.75, 3.05) is 5.32 Å². The van der Waals surface area contributed by atoms with E-state index in [1.54, 1.807) is 34.8 Å². The summed E-state index contributed by atoms with van der Waals surface area (Å²) in [6, 6.07) is 5.84. The molecule has 7 nitrogen and oxygen atoms in total. The molecule has 126 valence electrons. The number of anilines is 1. The lowest BCUT2D eigenvalue weighted by atomic mass is 10.2. The molecular formula is C17H16N6OS. The van der Waals surface area contributed by atoms with E-state index in [0.29, 0.717) is 17.8 Å². The van der Waals surface area contributed by atoms with Gasteiger partial charge in [-0.15, -0.1) is 11.3 Å². The van der Waals surface area contributed by atoms with Crippen molar-refractivity contribution in [3.05, 3.63) is 48.0 Å². The maximum Gasteiger partial charge on any atom is 0.275 e. The van der Waals surface area contributed by atoms with Crippen molar-refractivity contribution < 1.29 is 4.79 Å². The second-order valence-electron chi connectivity index (χ2n) is 5.34. The number of amides is 1. The van der Waals surface area contributed by atoms with Gasteiger partial charge in [0.25, 0.3) is 5.91 Å². The number of aromatic nitrogens is 4. The Kier molecular flexibility index (Phi) is 5.49. The summed E-state index contributed by atoms with van der Waals surface area (Å²) < 4.78 is 1.76. The van der Waals surface area contributed by atoms with Gasteiger partial charge in [0.2, 0.25) is 0 Å². The topological polar surface area (TPSA) is 96.5 Å². The molecule has 0 unspecified atom stereocenters. The first-order valence-corrected chi connectivity index (χ1v) is 8.71. The van der Waals surface area contributed by atoms with Crippen LogP contribution in [-0.2, 0) is 6.54 Å². The summed E-state index contributed by atoms with van der Waals surface area (Å²) in [7, 11) is 0. The highest BCUT2D eigenvalue weighted by Gasteiger charge is 2.13. The van der Waals surface area contributed by atoms with Crippen LogP contribution in [-0.4, -0.2) is 25.7 Å². The molecule has 0 aliphatic heterocycles. The maximum atomic E-state index is 12.3. The van der Waals surface area contributed by atoms with Crippen LogP contribution in [0.15, 0.2) is 42.3 Å². The predicted molar refractivity (Wildman–Crippen MR) is 95.0 cm³/mol. The van der Waals surface area contributed by atoms with Crippen molar-refractivity contribution in [3.63, 3.8) is 0 Å². The fraction of sp³-hybridized carbons (Fsp3) is 0.235. The lowest BCUT2D eigenvalue weighted by Gasteiger charge is -2.00. The van der Waals surface area contributed by atoms with Crippen LogP contribution in [0.5, 0.6) is 0 Å². The molecule has 3 rings (SSSR count). The monoisotopic (exact) mass is 352 g/mol. The van der Waals surface area contributed by atoms with Gasteiger partial charge in [-0.25, -0.2) is 4.98 Å². The Labute approximate surface area is 149 Å². The molecule has 0 bridgehead atoms. The van der Waals surface area contributed by atoms with E-state index < -0.39 is 0 Å². The van der Waals surface area contributed by atoms with Crippen molar-refractivity contribution in [1.82, 2.24) is 19.7 Å². The number of thiazole rings is 1. The number of nitrogens with one attached hydrogen (secondary N) is 1. The third-order valence-electron chi connectivity index (χ3n) is 3.48. The Morgan fingerprint density at radius 3 is 2.96 bits per heavy atom. The second kappa shape index (κ2) is 8.17. The van der Waals surface area contributed by atoms with E-state index in [9.17, 15) is 4.79 Å². The number of rotatable bonds is 7. The highest BCUT2D eigenvalue weighted by molar-refractivity contribution is 7.13. The van der Waals surface area contributed by atoms with Crippen LogP contribution >= 0.6 is 11.3 Å². The van der Waals surface area contributed by atoms with Crippen LogP contribution in [0.2, 0.25) is 0 Å². The number of hydrogen-bond acceptors (Lipinski definition) is 6. The van der Waals surface area contributed by atoms with E-state index in [0.717, 1.165) is 30.0 Å². The summed E-state index contributed by atoms with van der Waals surface area (Å²) in [4.78, 5) is 20.7. The maximum absolute atomic E-state index is 12.3. The first kappa shape index (κ1) is 16.8. The van der Waals surface area contributed by atoms with Crippen molar-refractivity contribution in [2.24, 2.45) is 0 Å². The fourth-order valence-electron chi connectivity index (χ4n) is 2.23. The minimum absolute atomic E-state index is 0.263. The summed E-state index contributed by atoms with van der Waals surface area (Å²) in [6.07, 6.45) is 9.05. The zero-order valence-corrected chi connectivity index (χ0v) is 14.2. The predicted octanol–water partition coefficient (Wildman–Crippen LogP) is 3.35. The van der Waals surface area contributed by atoms with Gasteiger partial charge in [0, 0.05) is 42.5 Å². The quantitative estimate of drug-likeness (QED) is 0.658. The Hall–Kier alpha value is -3.05. The van der Waals surface area contributed by atoms with Gasteiger partial charge in [-0.2, -0.15) is 10.4 Å². The highest BCUT2D eigenvalue weighted by Crippen LogP contribution is 2.23. The summed E-state index contributed by atoms with van der Waals surface area (Å²) in [5.74, 6) is -0.263. The fourth-order valence-corrected chi connectivity index (χ4v) is 3.03. The average Bonchev–Trinajstić information content (AvgIpc) is 3.29. The van der Waals surface area contributed by atoms with E-state index in [2.05, 4.69) is 26.5 Å². The first-order chi connectivity index (χ1) is 12.3. The van der Waals surface area contributed by atoms with Gasteiger partial charge < -0.3 is 5.32 Å². The number of aryl methyl sites for hydroxylation is 1. The molecule has 3 heterocycles. The molecule has 3 aromatic heterocycles. The number of carbonyl (C=O) groups excluding carboxylic acids is 1. The molecule has 1 N–H and O–H groups in total. The van der Waals surface area contributed by atoms with Crippen LogP contribution < -0.4 is 5.32 Å². The lowest BCUT2D eigenvalue weighted by molar-refractivity contribution is 0.102. The van der Waals surface area contributed by atoms with Crippen molar-refractivity contribution in [3.8, 4) is 16.6 Å². The molecule has 0 radical (unpaired) electrons.